The molecule has 1 aromatic rings. The van der Waals surface area contributed by atoms with Crippen LogP contribution < -0.4 is 5.32 Å². The summed E-state index contributed by atoms with van der Waals surface area (Å²) in [5.41, 5.74) is 1.34. The molecule has 3 rings (SSSR count). The van der Waals surface area contributed by atoms with E-state index in [1.807, 2.05) is 0 Å². The smallest absolute Gasteiger partial charge is 0.118 e. The van der Waals surface area contributed by atoms with Crippen LogP contribution in [-0.4, -0.2) is 23.5 Å². The number of aryl methyl sites for hydroxylation is 1. The van der Waals surface area contributed by atoms with Crippen LogP contribution >= 0.6 is 0 Å². The molecule has 0 amide bonds. The second-order valence-corrected chi connectivity index (χ2v) is 6.87. The molecule has 2 heterocycles. The summed E-state index contributed by atoms with van der Waals surface area (Å²) in [5, 5.41) is 3.57. The largest absolute Gasteiger partial charge is 0.465 e. The van der Waals surface area contributed by atoms with Crippen LogP contribution in [0.2, 0.25) is 0 Å². The molecular formula is C17H28N2O. The lowest BCUT2D eigenvalue weighted by Gasteiger charge is -2.26. The van der Waals surface area contributed by atoms with Gasteiger partial charge in [-0.2, -0.15) is 0 Å². The van der Waals surface area contributed by atoms with Crippen molar-refractivity contribution >= 4 is 0 Å². The first-order valence-corrected chi connectivity index (χ1v) is 8.19. The third-order valence-electron chi connectivity index (χ3n) is 4.77. The Balaban J connectivity index is 1.60. The fraction of sp³-hybridized carbons (Fsp3) is 0.765. The van der Waals surface area contributed by atoms with Crippen molar-refractivity contribution in [2.75, 3.05) is 6.54 Å². The second-order valence-electron chi connectivity index (χ2n) is 6.87. The number of likely N-dealkylation sites (tertiary alicyclic amines) is 1. The molecule has 3 heteroatoms. The van der Waals surface area contributed by atoms with Gasteiger partial charge in [0.2, 0.25) is 0 Å². The monoisotopic (exact) mass is 276 g/mol. The maximum Gasteiger partial charge on any atom is 0.118 e. The van der Waals surface area contributed by atoms with E-state index >= 15 is 0 Å². The van der Waals surface area contributed by atoms with E-state index < -0.39 is 0 Å². The topological polar surface area (TPSA) is 28.4 Å². The van der Waals surface area contributed by atoms with Gasteiger partial charge in [-0.15, -0.1) is 0 Å². The van der Waals surface area contributed by atoms with Crippen LogP contribution in [-0.2, 0) is 13.1 Å². The number of hydrogen-bond donors (Lipinski definition) is 1. The molecule has 3 nitrogen and oxygen atoms in total. The lowest BCUT2D eigenvalue weighted by molar-refractivity contribution is 0.184. The van der Waals surface area contributed by atoms with E-state index in [1.165, 1.54) is 37.8 Å². The maximum atomic E-state index is 5.98. The third-order valence-corrected chi connectivity index (χ3v) is 4.77. The highest BCUT2D eigenvalue weighted by Crippen LogP contribution is 2.27. The molecule has 1 saturated heterocycles. The number of rotatable bonds is 6. The Kier molecular flexibility index (Phi) is 4.18. The molecule has 0 spiro atoms. The van der Waals surface area contributed by atoms with E-state index in [0.29, 0.717) is 0 Å². The Morgan fingerprint density at radius 2 is 2.15 bits per heavy atom. The molecule has 1 saturated carbocycles. The second kappa shape index (κ2) is 5.90. The average Bonchev–Trinajstić information content (AvgIpc) is 3.00. The van der Waals surface area contributed by atoms with Gasteiger partial charge < -0.3 is 9.73 Å². The fourth-order valence-electron chi connectivity index (χ4n) is 3.39. The number of nitrogens with one attached hydrogen (secondary N) is 1. The van der Waals surface area contributed by atoms with Gasteiger partial charge in [-0.05, 0) is 51.1 Å². The lowest BCUT2D eigenvalue weighted by atomic mass is 10.0. The number of nitrogens with zero attached hydrogens (tertiary/aromatic N) is 1. The lowest BCUT2D eigenvalue weighted by Crippen LogP contribution is -2.32. The number of furan rings is 1. The third kappa shape index (κ3) is 3.26. The van der Waals surface area contributed by atoms with Gasteiger partial charge in [-0.25, -0.2) is 0 Å². The molecule has 1 aliphatic carbocycles. The molecular weight excluding hydrogens is 248 g/mol. The Labute approximate surface area is 122 Å². The van der Waals surface area contributed by atoms with Gasteiger partial charge in [0.15, 0.2) is 0 Å². The molecule has 1 aromatic heterocycles. The van der Waals surface area contributed by atoms with Gasteiger partial charge in [0.05, 0.1) is 6.54 Å². The quantitative estimate of drug-likeness (QED) is 0.862. The Morgan fingerprint density at radius 1 is 1.35 bits per heavy atom. The summed E-state index contributed by atoms with van der Waals surface area (Å²) in [6.07, 6.45) is 5.35. The van der Waals surface area contributed by atoms with E-state index in [-0.39, 0.29) is 0 Å². The standard InChI is InChI=1S/C17H28N2O/c1-12(2)17-5-4-8-19(17)11-16-9-14(13(3)20-16)10-18-15-6-7-15/h9,12,15,17-18H,4-8,10-11H2,1-3H3. The zero-order valence-electron chi connectivity index (χ0n) is 13.1. The molecule has 1 aliphatic heterocycles. The predicted octanol–water partition coefficient (Wildman–Crippen LogP) is 3.46. The maximum absolute atomic E-state index is 5.98. The summed E-state index contributed by atoms with van der Waals surface area (Å²) in [6, 6.07) is 3.76. The van der Waals surface area contributed by atoms with Gasteiger partial charge in [0, 0.05) is 24.2 Å². The van der Waals surface area contributed by atoms with E-state index in [0.717, 1.165) is 42.6 Å². The van der Waals surface area contributed by atoms with Gasteiger partial charge in [0.1, 0.15) is 11.5 Å². The van der Waals surface area contributed by atoms with Gasteiger partial charge in [-0.3, -0.25) is 4.90 Å². The van der Waals surface area contributed by atoms with Crippen molar-refractivity contribution in [2.45, 2.75) is 71.6 Å². The normalized spacial score (nSPS) is 23.9. The zero-order chi connectivity index (χ0) is 14.1. The van der Waals surface area contributed by atoms with Crippen LogP contribution in [0, 0.1) is 12.8 Å². The first kappa shape index (κ1) is 14.2. The van der Waals surface area contributed by atoms with E-state index in [9.17, 15) is 0 Å². The van der Waals surface area contributed by atoms with Crippen molar-refractivity contribution in [1.29, 1.82) is 0 Å². The Morgan fingerprint density at radius 3 is 2.85 bits per heavy atom. The van der Waals surface area contributed by atoms with Crippen molar-refractivity contribution in [3.63, 3.8) is 0 Å². The molecule has 1 N–H and O–H groups in total. The van der Waals surface area contributed by atoms with Gasteiger partial charge in [-0.1, -0.05) is 13.8 Å². The van der Waals surface area contributed by atoms with E-state index in [1.54, 1.807) is 0 Å². The van der Waals surface area contributed by atoms with Crippen molar-refractivity contribution in [3.8, 4) is 0 Å². The van der Waals surface area contributed by atoms with Crippen LogP contribution in [0.15, 0.2) is 10.5 Å². The van der Waals surface area contributed by atoms with Crippen molar-refractivity contribution in [2.24, 2.45) is 5.92 Å². The first-order chi connectivity index (χ1) is 9.63. The average molecular weight is 276 g/mol. The minimum atomic E-state index is 0.730. The van der Waals surface area contributed by atoms with E-state index in [2.05, 4.69) is 37.1 Å². The van der Waals surface area contributed by atoms with Crippen LogP contribution in [0.1, 0.15) is 56.6 Å². The van der Waals surface area contributed by atoms with Crippen molar-refractivity contribution in [3.05, 3.63) is 23.2 Å². The molecule has 112 valence electrons. The Hall–Kier alpha value is -0.800. The molecule has 0 radical (unpaired) electrons. The van der Waals surface area contributed by atoms with Crippen LogP contribution in [0.25, 0.3) is 0 Å². The SMILES string of the molecule is Cc1oc(CN2CCCC2C(C)C)cc1CNC1CC1. The highest BCUT2D eigenvalue weighted by Gasteiger charge is 2.28. The summed E-state index contributed by atoms with van der Waals surface area (Å²) < 4.78 is 5.98. The fourth-order valence-corrected chi connectivity index (χ4v) is 3.39. The molecule has 20 heavy (non-hydrogen) atoms. The summed E-state index contributed by atoms with van der Waals surface area (Å²) in [4.78, 5) is 2.60. The van der Waals surface area contributed by atoms with Crippen molar-refractivity contribution in [1.82, 2.24) is 10.2 Å². The first-order valence-electron chi connectivity index (χ1n) is 8.19. The molecule has 1 atom stereocenters. The minimum Gasteiger partial charge on any atom is -0.465 e. The molecule has 1 unspecified atom stereocenters. The minimum absolute atomic E-state index is 0.730. The van der Waals surface area contributed by atoms with Gasteiger partial charge >= 0.3 is 0 Å². The summed E-state index contributed by atoms with van der Waals surface area (Å²) in [7, 11) is 0. The number of hydrogen-bond acceptors (Lipinski definition) is 3. The summed E-state index contributed by atoms with van der Waals surface area (Å²) >= 11 is 0. The Bertz CT molecular complexity index is 448. The van der Waals surface area contributed by atoms with Crippen LogP contribution in [0.5, 0.6) is 0 Å². The summed E-state index contributed by atoms with van der Waals surface area (Å²) in [6.45, 7) is 9.93. The highest BCUT2D eigenvalue weighted by molar-refractivity contribution is 5.21. The van der Waals surface area contributed by atoms with Crippen LogP contribution in [0.4, 0.5) is 0 Å². The molecule has 2 aliphatic rings. The predicted molar refractivity (Wildman–Crippen MR) is 81.6 cm³/mol. The summed E-state index contributed by atoms with van der Waals surface area (Å²) in [5.74, 6) is 2.97. The van der Waals surface area contributed by atoms with E-state index in [4.69, 9.17) is 4.42 Å². The highest BCUT2D eigenvalue weighted by atomic mass is 16.3. The molecule has 0 bridgehead atoms. The zero-order valence-corrected chi connectivity index (χ0v) is 13.1. The molecule has 0 aromatic carbocycles. The van der Waals surface area contributed by atoms with Crippen LogP contribution in [0.3, 0.4) is 0 Å². The van der Waals surface area contributed by atoms with Gasteiger partial charge in [0.25, 0.3) is 0 Å². The van der Waals surface area contributed by atoms with Crippen molar-refractivity contribution < 1.29 is 4.42 Å². The molecule has 2 fully saturated rings.